The third kappa shape index (κ3) is 8.32. The van der Waals surface area contributed by atoms with Gasteiger partial charge in [0.05, 0.1) is 6.04 Å². The molecule has 2 aromatic rings. The topological polar surface area (TPSA) is 53.1 Å². The summed E-state index contributed by atoms with van der Waals surface area (Å²) < 4.78 is 5.55. The van der Waals surface area contributed by atoms with E-state index >= 15 is 0 Å². The van der Waals surface area contributed by atoms with Crippen LogP contribution < -0.4 is 0 Å². The molecule has 1 saturated heterocycles. The molecule has 0 radical (unpaired) electrons. The van der Waals surface area contributed by atoms with E-state index in [0.717, 1.165) is 23.8 Å². The van der Waals surface area contributed by atoms with Gasteiger partial charge in [-0.15, -0.1) is 0 Å². The molecule has 1 saturated carbocycles. The molecule has 208 valence electrons. The zero-order chi connectivity index (χ0) is 27.9. The fourth-order valence-corrected chi connectivity index (χ4v) is 5.71. The summed E-state index contributed by atoms with van der Waals surface area (Å²) in [5, 5.41) is 0. The van der Waals surface area contributed by atoms with Gasteiger partial charge in [-0.3, -0.25) is 9.69 Å². The van der Waals surface area contributed by atoms with Crippen molar-refractivity contribution in [2.45, 2.75) is 76.5 Å². The van der Waals surface area contributed by atoms with Crippen LogP contribution in [0.5, 0.6) is 0 Å². The van der Waals surface area contributed by atoms with Crippen LogP contribution in [0.4, 0.5) is 4.79 Å². The Labute approximate surface area is 229 Å². The van der Waals surface area contributed by atoms with E-state index in [0.29, 0.717) is 6.42 Å². The molecule has 4 atom stereocenters. The molecule has 2 amide bonds. The number of rotatable bonds is 5. The van der Waals surface area contributed by atoms with Gasteiger partial charge in [-0.05, 0) is 89.9 Å². The summed E-state index contributed by atoms with van der Waals surface area (Å²) in [5.74, 6) is 1.66. The molecule has 1 heterocycles. The van der Waals surface area contributed by atoms with Gasteiger partial charge in [-0.1, -0.05) is 60.7 Å². The first-order chi connectivity index (χ1) is 18.0. The highest BCUT2D eigenvalue weighted by Crippen LogP contribution is 2.39. The SMILES string of the molecule is CN(C)C(=O)[C@@H]1CC[C@H](c2ccccc2)N1C(=O)OC(C)(C)C.CN(C)C[C@@H]1CC[C@H](c2ccccc2)C1. The van der Waals surface area contributed by atoms with Gasteiger partial charge in [-0.25, -0.2) is 4.79 Å². The molecule has 0 spiro atoms. The molecular formula is C32H47N3O3. The van der Waals surface area contributed by atoms with Gasteiger partial charge < -0.3 is 14.5 Å². The summed E-state index contributed by atoms with van der Waals surface area (Å²) in [7, 11) is 7.78. The number of hydrogen-bond acceptors (Lipinski definition) is 4. The molecule has 0 unspecified atom stereocenters. The highest BCUT2D eigenvalue weighted by Gasteiger charge is 2.43. The van der Waals surface area contributed by atoms with Gasteiger partial charge in [0, 0.05) is 20.6 Å². The standard InChI is InChI=1S/C18H26N2O3.C14H21N/c1-18(2,3)23-17(22)20-14(13-9-7-6-8-10-13)11-12-15(20)16(21)19(4)5;1-15(2)11-12-8-9-14(10-12)13-6-4-3-5-7-13/h6-10,14-15H,11-12H2,1-5H3;3-7,12,14H,8-11H2,1-2H3/t14-,15+;12-,14+/m11/s1. The molecule has 6 heteroatoms. The first-order valence-electron chi connectivity index (χ1n) is 13.9. The predicted molar refractivity (Wildman–Crippen MR) is 154 cm³/mol. The quantitative estimate of drug-likeness (QED) is 0.460. The largest absolute Gasteiger partial charge is 0.444 e. The van der Waals surface area contributed by atoms with Crippen LogP contribution in [0.15, 0.2) is 60.7 Å². The second kappa shape index (κ2) is 13.3. The normalized spacial score (nSPS) is 23.1. The lowest BCUT2D eigenvalue weighted by molar-refractivity contribution is -0.133. The number of hydrogen-bond donors (Lipinski definition) is 0. The summed E-state index contributed by atoms with van der Waals surface area (Å²) >= 11 is 0. The molecule has 1 aliphatic heterocycles. The summed E-state index contributed by atoms with van der Waals surface area (Å²) in [4.78, 5) is 30.7. The number of ether oxygens (including phenoxy) is 1. The minimum Gasteiger partial charge on any atom is -0.444 e. The summed E-state index contributed by atoms with van der Waals surface area (Å²) in [5.41, 5.74) is 1.98. The predicted octanol–water partition coefficient (Wildman–Crippen LogP) is 6.35. The summed E-state index contributed by atoms with van der Waals surface area (Å²) in [6, 6.07) is 20.2. The summed E-state index contributed by atoms with van der Waals surface area (Å²) in [6.07, 6.45) is 5.13. The van der Waals surface area contributed by atoms with Crippen LogP contribution >= 0.6 is 0 Å². The van der Waals surface area contributed by atoms with Gasteiger partial charge in [-0.2, -0.15) is 0 Å². The molecule has 2 aromatic carbocycles. The number of likely N-dealkylation sites (N-methyl/N-ethyl adjacent to an activating group) is 1. The first kappa shape index (κ1) is 29.7. The van der Waals surface area contributed by atoms with Crippen LogP contribution in [-0.4, -0.2) is 73.1 Å². The second-order valence-electron chi connectivity index (χ2n) is 12.2. The van der Waals surface area contributed by atoms with E-state index in [-0.39, 0.29) is 11.9 Å². The van der Waals surface area contributed by atoms with Crippen molar-refractivity contribution in [3.63, 3.8) is 0 Å². The van der Waals surface area contributed by atoms with E-state index in [1.165, 1.54) is 30.7 Å². The van der Waals surface area contributed by atoms with Crippen molar-refractivity contribution in [2.24, 2.45) is 5.92 Å². The number of nitrogens with zero attached hydrogens (tertiary/aromatic N) is 3. The lowest BCUT2D eigenvalue weighted by atomic mass is 9.96. The number of amides is 2. The Bertz CT molecular complexity index is 1020. The lowest BCUT2D eigenvalue weighted by Crippen LogP contribution is -2.48. The van der Waals surface area contributed by atoms with Gasteiger partial charge in [0.15, 0.2) is 0 Å². The first-order valence-corrected chi connectivity index (χ1v) is 13.9. The maximum absolute atomic E-state index is 12.7. The van der Waals surface area contributed by atoms with Crippen LogP contribution in [0, 0.1) is 5.92 Å². The van der Waals surface area contributed by atoms with E-state index < -0.39 is 17.7 Å². The average molecular weight is 522 g/mol. The molecule has 0 bridgehead atoms. The Morgan fingerprint density at radius 3 is 1.95 bits per heavy atom. The van der Waals surface area contributed by atoms with E-state index in [1.807, 2.05) is 51.1 Å². The Balaban J connectivity index is 0.000000230. The Hall–Kier alpha value is -2.86. The minimum atomic E-state index is -0.591. The van der Waals surface area contributed by atoms with Gasteiger partial charge in [0.1, 0.15) is 11.6 Å². The van der Waals surface area contributed by atoms with Crippen molar-refractivity contribution >= 4 is 12.0 Å². The van der Waals surface area contributed by atoms with Crippen LogP contribution in [0.1, 0.15) is 76.0 Å². The summed E-state index contributed by atoms with van der Waals surface area (Å²) in [6.45, 7) is 6.76. The monoisotopic (exact) mass is 521 g/mol. The van der Waals surface area contributed by atoms with Crippen molar-refractivity contribution < 1.29 is 14.3 Å². The van der Waals surface area contributed by atoms with Crippen molar-refractivity contribution in [2.75, 3.05) is 34.7 Å². The average Bonchev–Trinajstić information content (AvgIpc) is 3.51. The fourth-order valence-electron chi connectivity index (χ4n) is 5.71. The van der Waals surface area contributed by atoms with Gasteiger partial charge in [0.2, 0.25) is 5.91 Å². The highest BCUT2D eigenvalue weighted by atomic mass is 16.6. The molecule has 0 aromatic heterocycles. The van der Waals surface area contributed by atoms with Crippen molar-refractivity contribution in [3.8, 4) is 0 Å². The fraction of sp³-hybridized carbons (Fsp3) is 0.562. The second-order valence-corrected chi connectivity index (χ2v) is 12.2. The number of carbonyl (C=O) groups is 2. The van der Waals surface area contributed by atoms with Crippen molar-refractivity contribution in [1.29, 1.82) is 0 Å². The third-order valence-corrected chi connectivity index (χ3v) is 7.34. The van der Waals surface area contributed by atoms with Crippen LogP contribution in [-0.2, 0) is 9.53 Å². The van der Waals surface area contributed by atoms with Gasteiger partial charge in [0.25, 0.3) is 0 Å². The zero-order valence-electron chi connectivity index (χ0n) is 24.4. The molecule has 2 fully saturated rings. The number of likely N-dealkylation sites (tertiary alicyclic amines) is 1. The molecule has 1 aliphatic carbocycles. The number of benzene rings is 2. The van der Waals surface area contributed by atoms with E-state index in [1.54, 1.807) is 24.6 Å². The Morgan fingerprint density at radius 1 is 0.842 bits per heavy atom. The molecule has 0 N–H and O–H groups in total. The number of carbonyl (C=O) groups excluding carboxylic acids is 2. The van der Waals surface area contributed by atoms with E-state index in [2.05, 4.69) is 49.3 Å². The van der Waals surface area contributed by atoms with E-state index in [9.17, 15) is 9.59 Å². The maximum Gasteiger partial charge on any atom is 0.411 e. The Kier molecular flexibility index (Phi) is 10.4. The third-order valence-electron chi connectivity index (χ3n) is 7.34. The maximum atomic E-state index is 12.7. The molecule has 6 nitrogen and oxygen atoms in total. The molecule has 2 aliphatic rings. The highest BCUT2D eigenvalue weighted by molar-refractivity contribution is 5.86. The van der Waals surface area contributed by atoms with Crippen LogP contribution in [0.25, 0.3) is 0 Å². The van der Waals surface area contributed by atoms with Crippen LogP contribution in [0.3, 0.4) is 0 Å². The lowest BCUT2D eigenvalue weighted by Gasteiger charge is -2.33. The van der Waals surface area contributed by atoms with E-state index in [4.69, 9.17) is 4.74 Å². The van der Waals surface area contributed by atoms with Crippen molar-refractivity contribution in [3.05, 3.63) is 71.8 Å². The van der Waals surface area contributed by atoms with Crippen LogP contribution in [0.2, 0.25) is 0 Å². The molecular weight excluding hydrogens is 474 g/mol. The van der Waals surface area contributed by atoms with Gasteiger partial charge >= 0.3 is 6.09 Å². The zero-order valence-corrected chi connectivity index (χ0v) is 24.4. The molecule has 4 rings (SSSR count). The Morgan fingerprint density at radius 2 is 1.42 bits per heavy atom. The smallest absolute Gasteiger partial charge is 0.411 e. The molecule has 38 heavy (non-hydrogen) atoms. The minimum absolute atomic E-state index is 0.0608. The van der Waals surface area contributed by atoms with Crippen molar-refractivity contribution in [1.82, 2.24) is 14.7 Å².